The van der Waals surface area contributed by atoms with Crippen molar-refractivity contribution in [2.24, 2.45) is 0 Å². The van der Waals surface area contributed by atoms with Crippen LogP contribution in [0.2, 0.25) is 0 Å². The van der Waals surface area contributed by atoms with Crippen molar-refractivity contribution in [1.29, 1.82) is 0 Å². The Hall–Kier alpha value is -1.89. The predicted octanol–water partition coefficient (Wildman–Crippen LogP) is 1.08. The van der Waals surface area contributed by atoms with E-state index < -0.39 is 0 Å². The summed E-state index contributed by atoms with van der Waals surface area (Å²) in [6.45, 7) is 7.03. The summed E-state index contributed by atoms with van der Waals surface area (Å²) in [7, 11) is 0. The molecule has 0 atom stereocenters. The highest BCUT2D eigenvalue weighted by Crippen LogP contribution is 2.13. The lowest BCUT2D eigenvalue weighted by atomic mass is 10.3. The molecule has 7 heteroatoms. The minimum absolute atomic E-state index is 0.248. The lowest BCUT2D eigenvalue weighted by molar-refractivity contribution is 0.265. The third kappa shape index (κ3) is 2.61. The molecule has 2 aromatic rings. The lowest BCUT2D eigenvalue weighted by Gasteiger charge is -2.11. The third-order valence-corrected chi connectivity index (χ3v) is 3.83. The first-order chi connectivity index (χ1) is 10.6. The van der Waals surface area contributed by atoms with E-state index in [0.29, 0.717) is 36.6 Å². The first-order valence-electron chi connectivity index (χ1n) is 7.94. The van der Waals surface area contributed by atoms with Gasteiger partial charge in [-0.3, -0.25) is 13.9 Å². The van der Waals surface area contributed by atoms with E-state index in [4.69, 9.17) is 0 Å². The number of aromatic nitrogens is 4. The molecule has 0 aromatic carbocycles. The second-order valence-electron chi connectivity index (χ2n) is 5.35. The SMILES string of the molecule is CCCCn1c(=O)n(CC)c(=O)c2c1nc(CO)n2CCC. The molecule has 0 aliphatic heterocycles. The Balaban J connectivity index is 2.88. The standard InChI is InChI=1S/C15H24N4O3/c1-4-7-9-19-13-12(14(21)17(6-3)15(19)22)18(8-5-2)11(10-20)16-13/h20H,4-10H2,1-3H3. The summed E-state index contributed by atoms with van der Waals surface area (Å²) in [5, 5.41) is 9.52. The second kappa shape index (κ2) is 6.91. The van der Waals surface area contributed by atoms with Crippen molar-refractivity contribution in [3.05, 3.63) is 26.7 Å². The van der Waals surface area contributed by atoms with Gasteiger partial charge in [0.1, 0.15) is 12.4 Å². The lowest BCUT2D eigenvalue weighted by Crippen LogP contribution is -2.40. The molecule has 0 fully saturated rings. The van der Waals surface area contributed by atoms with Crippen LogP contribution in [0.4, 0.5) is 0 Å². The average Bonchev–Trinajstić information content (AvgIpc) is 2.87. The molecule has 0 unspecified atom stereocenters. The maximum atomic E-state index is 12.6. The fraction of sp³-hybridized carbons (Fsp3) is 0.667. The Morgan fingerprint density at radius 1 is 1.00 bits per heavy atom. The first kappa shape index (κ1) is 16.5. The van der Waals surface area contributed by atoms with E-state index >= 15 is 0 Å². The maximum absolute atomic E-state index is 12.6. The highest BCUT2D eigenvalue weighted by molar-refractivity contribution is 5.71. The van der Waals surface area contributed by atoms with Crippen LogP contribution in [0.3, 0.4) is 0 Å². The van der Waals surface area contributed by atoms with Crippen LogP contribution in [0.5, 0.6) is 0 Å². The number of unbranched alkanes of at least 4 members (excludes halogenated alkanes) is 1. The molecular formula is C15H24N4O3. The molecule has 7 nitrogen and oxygen atoms in total. The molecule has 0 saturated heterocycles. The number of fused-ring (bicyclic) bond motifs is 1. The maximum Gasteiger partial charge on any atom is 0.332 e. The number of imidazole rings is 1. The van der Waals surface area contributed by atoms with Crippen LogP contribution >= 0.6 is 0 Å². The van der Waals surface area contributed by atoms with Crippen molar-refractivity contribution in [2.45, 2.75) is 66.3 Å². The van der Waals surface area contributed by atoms with E-state index in [1.807, 2.05) is 13.8 Å². The Morgan fingerprint density at radius 2 is 1.73 bits per heavy atom. The minimum atomic E-state index is -0.323. The molecule has 22 heavy (non-hydrogen) atoms. The van der Waals surface area contributed by atoms with Gasteiger partial charge in [0.2, 0.25) is 0 Å². The van der Waals surface area contributed by atoms with Gasteiger partial charge in [0, 0.05) is 19.6 Å². The number of aryl methyl sites for hydroxylation is 2. The number of rotatable bonds is 7. The topological polar surface area (TPSA) is 82.1 Å². The van der Waals surface area contributed by atoms with Crippen LogP contribution in [0.25, 0.3) is 11.2 Å². The summed E-state index contributed by atoms with van der Waals surface area (Å²) in [5.74, 6) is 0.437. The molecule has 0 radical (unpaired) electrons. The Labute approximate surface area is 128 Å². The van der Waals surface area contributed by atoms with E-state index in [9.17, 15) is 14.7 Å². The van der Waals surface area contributed by atoms with Gasteiger partial charge >= 0.3 is 5.69 Å². The number of aliphatic hydroxyl groups is 1. The van der Waals surface area contributed by atoms with Gasteiger partial charge in [-0.2, -0.15) is 0 Å². The zero-order chi connectivity index (χ0) is 16.3. The Kier molecular flexibility index (Phi) is 5.18. The molecule has 0 aliphatic carbocycles. The molecule has 0 bridgehead atoms. The summed E-state index contributed by atoms with van der Waals surface area (Å²) in [4.78, 5) is 29.5. The van der Waals surface area contributed by atoms with Gasteiger partial charge in [0.15, 0.2) is 11.2 Å². The van der Waals surface area contributed by atoms with Crippen LogP contribution in [0, 0.1) is 0 Å². The minimum Gasteiger partial charge on any atom is -0.388 e. The summed E-state index contributed by atoms with van der Waals surface area (Å²) in [5.41, 5.74) is 0.170. The molecule has 2 aromatic heterocycles. The fourth-order valence-electron chi connectivity index (χ4n) is 2.72. The van der Waals surface area contributed by atoms with E-state index in [1.165, 1.54) is 4.57 Å². The number of aliphatic hydroxyl groups excluding tert-OH is 1. The predicted molar refractivity (Wildman–Crippen MR) is 85.0 cm³/mol. The van der Waals surface area contributed by atoms with Gasteiger partial charge in [-0.15, -0.1) is 0 Å². The van der Waals surface area contributed by atoms with Crippen LogP contribution in [-0.4, -0.2) is 23.8 Å². The molecule has 0 aliphatic rings. The van der Waals surface area contributed by atoms with Gasteiger partial charge in [-0.05, 0) is 19.8 Å². The smallest absolute Gasteiger partial charge is 0.332 e. The van der Waals surface area contributed by atoms with Crippen molar-refractivity contribution >= 4 is 11.2 Å². The summed E-state index contributed by atoms with van der Waals surface area (Å²) >= 11 is 0. The van der Waals surface area contributed by atoms with Crippen molar-refractivity contribution in [2.75, 3.05) is 0 Å². The van der Waals surface area contributed by atoms with E-state index in [1.54, 1.807) is 16.1 Å². The van der Waals surface area contributed by atoms with Gasteiger partial charge in [0.25, 0.3) is 5.56 Å². The molecule has 2 rings (SSSR count). The van der Waals surface area contributed by atoms with Crippen LogP contribution in [-0.2, 0) is 26.2 Å². The van der Waals surface area contributed by atoms with Crippen LogP contribution in [0.1, 0.15) is 45.9 Å². The molecule has 0 spiro atoms. The molecule has 122 valence electrons. The van der Waals surface area contributed by atoms with Crippen molar-refractivity contribution in [3.63, 3.8) is 0 Å². The average molecular weight is 308 g/mol. The molecule has 0 amide bonds. The highest BCUT2D eigenvalue weighted by atomic mass is 16.3. The van der Waals surface area contributed by atoms with Crippen molar-refractivity contribution < 1.29 is 5.11 Å². The molecular weight excluding hydrogens is 284 g/mol. The van der Waals surface area contributed by atoms with Crippen LogP contribution < -0.4 is 11.2 Å². The quantitative estimate of drug-likeness (QED) is 0.830. The van der Waals surface area contributed by atoms with Crippen LogP contribution in [0.15, 0.2) is 9.59 Å². The molecule has 2 heterocycles. The van der Waals surface area contributed by atoms with Crippen molar-refractivity contribution in [1.82, 2.24) is 18.7 Å². The van der Waals surface area contributed by atoms with Gasteiger partial charge in [-0.25, -0.2) is 9.78 Å². The van der Waals surface area contributed by atoms with Gasteiger partial charge in [0.05, 0.1) is 0 Å². The number of nitrogens with zero attached hydrogens (tertiary/aromatic N) is 4. The van der Waals surface area contributed by atoms with E-state index in [0.717, 1.165) is 19.3 Å². The van der Waals surface area contributed by atoms with Crippen molar-refractivity contribution in [3.8, 4) is 0 Å². The van der Waals surface area contributed by atoms with E-state index in [-0.39, 0.29) is 17.9 Å². The molecule has 0 saturated carbocycles. The zero-order valence-electron chi connectivity index (χ0n) is 13.5. The summed E-state index contributed by atoms with van der Waals surface area (Å²) in [6.07, 6.45) is 2.60. The molecule has 1 N–H and O–H groups in total. The van der Waals surface area contributed by atoms with E-state index in [2.05, 4.69) is 4.98 Å². The van der Waals surface area contributed by atoms with Gasteiger partial charge < -0.3 is 9.67 Å². The monoisotopic (exact) mass is 308 g/mol. The summed E-state index contributed by atoms with van der Waals surface area (Å²) in [6, 6.07) is 0. The summed E-state index contributed by atoms with van der Waals surface area (Å²) < 4.78 is 4.55. The number of hydrogen-bond donors (Lipinski definition) is 1. The normalized spacial score (nSPS) is 11.5. The Bertz CT molecular complexity index is 770. The first-order valence-corrected chi connectivity index (χ1v) is 7.94. The number of hydrogen-bond acceptors (Lipinski definition) is 4. The highest BCUT2D eigenvalue weighted by Gasteiger charge is 2.20. The zero-order valence-corrected chi connectivity index (χ0v) is 13.5. The fourth-order valence-corrected chi connectivity index (χ4v) is 2.72. The third-order valence-electron chi connectivity index (χ3n) is 3.83. The van der Waals surface area contributed by atoms with Gasteiger partial charge in [-0.1, -0.05) is 20.3 Å². The second-order valence-corrected chi connectivity index (χ2v) is 5.35. The Morgan fingerprint density at radius 3 is 2.27 bits per heavy atom. The largest absolute Gasteiger partial charge is 0.388 e.